The first-order valence-electron chi connectivity index (χ1n) is 19.5. The molecule has 0 fully saturated rings. The van der Waals surface area contributed by atoms with Crippen molar-refractivity contribution in [2.24, 2.45) is 9.98 Å². The molecule has 61 heavy (non-hydrogen) atoms. The summed E-state index contributed by atoms with van der Waals surface area (Å²) in [6.07, 6.45) is 4.61. The monoisotopic (exact) mass is 804 g/mol. The Morgan fingerprint density at radius 1 is 0.393 bits per heavy atom. The topological polar surface area (TPSA) is 193 Å². The lowest BCUT2D eigenvalue weighted by Crippen LogP contribution is -2.42. The number of amides is 2. The highest BCUT2D eigenvalue weighted by Gasteiger charge is 2.25. The highest BCUT2D eigenvalue weighted by molar-refractivity contribution is 6.47. The van der Waals surface area contributed by atoms with Crippen LogP contribution in [0.2, 0.25) is 0 Å². The molecular weight excluding hydrogens is 765 g/mol. The number of rotatable bonds is 12. The quantitative estimate of drug-likeness (QED) is 0.0559. The Balaban J connectivity index is 0.897. The zero-order valence-electron chi connectivity index (χ0n) is 32.8. The lowest BCUT2D eigenvalue weighted by atomic mass is 10.0. The fourth-order valence-electron chi connectivity index (χ4n) is 6.71. The molecule has 0 saturated heterocycles. The number of aliphatic imine (C=N–C) groups is 2. The molecule has 2 amide bonds. The number of carbonyl (C=O) groups excluding carboxylic acids is 4. The van der Waals surface area contributed by atoms with Crippen molar-refractivity contribution in [3.63, 3.8) is 0 Å². The maximum Gasteiger partial charge on any atom is 0.297 e. The molecule has 2 aliphatic rings. The summed E-state index contributed by atoms with van der Waals surface area (Å²) in [5, 5.41) is 11.7. The molecule has 6 aromatic carbocycles. The summed E-state index contributed by atoms with van der Waals surface area (Å²) in [5.41, 5.74) is 23.0. The fourth-order valence-corrected chi connectivity index (χ4v) is 6.71. The van der Waals surface area contributed by atoms with Crippen molar-refractivity contribution in [1.82, 2.24) is 10.6 Å². The van der Waals surface area contributed by atoms with Crippen LogP contribution in [0.5, 0.6) is 0 Å². The molecule has 6 aromatic rings. The number of nitrogens with two attached hydrogens (primary N) is 2. The van der Waals surface area contributed by atoms with Crippen molar-refractivity contribution in [2.45, 2.75) is 19.3 Å². The van der Waals surface area contributed by atoms with E-state index in [1.54, 1.807) is 0 Å². The number of nitrogens with zero attached hydrogens (tertiary/aromatic N) is 2. The summed E-state index contributed by atoms with van der Waals surface area (Å²) in [7, 11) is 0. The molecule has 0 saturated carbocycles. The predicted octanol–water partition coefficient (Wildman–Crippen LogP) is 7.07. The molecular formula is C49H40N8O4. The highest BCUT2D eigenvalue weighted by Crippen LogP contribution is 2.23. The molecule has 0 aliphatic carbocycles. The van der Waals surface area contributed by atoms with Crippen molar-refractivity contribution < 1.29 is 19.2 Å². The number of nitrogen functional groups attached to an aromatic ring is 2. The number of carbonyl (C=O) groups is 4. The third-order valence-corrected chi connectivity index (χ3v) is 9.98. The van der Waals surface area contributed by atoms with Crippen LogP contribution in [0.15, 0.2) is 179 Å². The van der Waals surface area contributed by atoms with Crippen molar-refractivity contribution >= 4 is 69.2 Å². The Labute approximate surface area is 351 Å². The first-order chi connectivity index (χ1) is 29.6. The fraction of sp³-hybridized carbons (Fsp3) is 0.0612. The zero-order chi connectivity index (χ0) is 42.3. The van der Waals surface area contributed by atoms with Gasteiger partial charge in [0.15, 0.2) is 11.7 Å². The summed E-state index contributed by atoms with van der Waals surface area (Å²) in [6.45, 7) is 0. The Morgan fingerprint density at radius 2 is 0.672 bits per heavy atom. The van der Waals surface area contributed by atoms with E-state index in [4.69, 9.17) is 11.5 Å². The maximum absolute atomic E-state index is 12.4. The second-order valence-corrected chi connectivity index (χ2v) is 14.7. The van der Waals surface area contributed by atoms with Crippen LogP contribution in [0.1, 0.15) is 33.4 Å². The lowest BCUT2D eigenvalue weighted by molar-refractivity contribution is -0.134. The molecule has 8 N–H and O–H groups in total. The van der Waals surface area contributed by atoms with Crippen LogP contribution in [0.3, 0.4) is 0 Å². The van der Waals surface area contributed by atoms with E-state index >= 15 is 0 Å². The minimum absolute atomic E-state index is 0.234. The van der Waals surface area contributed by atoms with Crippen molar-refractivity contribution in [1.29, 1.82) is 0 Å². The number of ketones is 2. The Hall–Kier alpha value is -8.38. The standard InChI is InChI=1S/C49H40N8O4/c50-36-13-1-30(2-14-36)25-32-5-17-38(18-6-32)52-42-28-44(58)49(61)57-47(42)55-41-23-11-35(12-24-41)27-33-7-19-39(20-8-33)53-43-29-45(59)48(60)56-46(43)54-40-21-9-34(10-22-40)26-31-3-15-37(51)16-4-31/h1-24,28-29,52-53H,25-27,50-51H2,(H,54,56,60)(H,55,57,61). The average molecular weight is 805 g/mol. The van der Waals surface area contributed by atoms with Gasteiger partial charge in [-0.2, -0.15) is 0 Å². The van der Waals surface area contributed by atoms with Gasteiger partial charge in [0.2, 0.25) is 11.6 Å². The van der Waals surface area contributed by atoms with Gasteiger partial charge in [-0.3, -0.25) is 19.2 Å². The summed E-state index contributed by atoms with van der Waals surface area (Å²) in [4.78, 5) is 58.7. The van der Waals surface area contributed by atoms with Gasteiger partial charge in [0.25, 0.3) is 11.8 Å². The molecule has 12 heteroatoms. The number of hydrogen-bond acceptors (Lipinski definition) is 10. The zero-order valence-corrected chi connectivity index (χ0v) is 32.8. The number of amidine groups is 2. The molecule has 300 valence electrons. The first-order valence-corrected chi connectivity index (χ1v) is 19.5. The van der Waals surface area contributed by atoms with Gasteiger partial charge in [-0.1, -0.05) is 72.8 Å². The van der Waals surface area contributed by atoms with Crippen LogP contribution in [0, 0.1) is 0 Å². The first kappa shape index (κ1) is 39.4. The Morgan fingerprint density at radius 3 is 0.984 bits per heavy atom. The van der Waals surface area contributed by atoms with Crippen LogP contribution >= 0.6 is 0 Å². The number of anilines is 4. The predicted molar refractivity (Wildman–Crippen MR) is 240 cm³/mol. The molecule has 0 aromatic heterocycles. The second kappa shape index (κ2) is 17.6. The molecule has 0 radical (unpaired) electrons. The third-order valence-electron chi connectivity index (χ3n) is 9.98. The van der Waals surface area contributed by atoms with Gasteiger partial charge in [-0.25, -0.2) is 9.98 Å². The maximum atomic E-state index is 12.4. The largest absolute Gasteiger partial charge is 0.399 e. The number of nitrogens with one attached hydrogen (secondary N) is 4. The third kappa shape index (κ3) is 10.2. The van der Waals surface area contributed by atoms with Gasteiger partial charge in [-0.15, -0.1) is 0 Å². The normalized spacial score (nSPS) is 15.2. The summed E-state index contributed by atoms with van der Waals surface area (Å²) < 4.78 is 0. The summed E-state index contributed by atoms with van der Waals surface area (Å²) in [5.74, 6) is -2.38. The van der Waals surface area contributed by atoms with Crippen molar-refractivity contribution in [2.75, 3.05) is 22.1 Å². The Bertz CT molecular complexity index is 2750. The van der Waals surface area contributed by atoms with Crippen LogP contribution < -0.4 is 32.7 Å². The van der Waals surface area contributed by atoms with E-state index in [1.807, 2.05) is 146 Å². The summed E-state index contributed by atoms with van der Waals surface area (Å²) in [6, 6.07) is 46.3. The lowest BCUT2D eigenvalue weighted by Gasteiger charge is -2.18. The van der Waals surface area contributed by atoms with E-state index in [1.165, 1.54) is 12.2 Å². The van der Waals surface area contributed by atoms with Crippen LogP contribution in [0.4, 0.5) is 34.1 Å². The van der Waals surface area contributed by atoms with E-state index in [-0.39, 0.29) is 11.7 Å². The van der Waals surface area contributed by atoms with Crippen LogP contribution in [0.25, 0.3) is 0 Å². The van der Waals surface area contributed by atoms with Crippen molar-refractivity contribution in [3.8, 4) is 0 Å². The minimum Gasteiger partial charge on any atom is -0.399 e. The van der Waals surface area contributed by atoms with Gasteiger partial charge < -0.3 is 32.7 Å². The number of benzene rings is 6. The molecule has 8 rings (SSSR count). The van der Waals surface area contributed by atoms with E-state index < -0.39 is 23.4 Å². The molecule has 0 bridgehead atoms. The van der Waals surface area contributed by atoms with E-state index in [9.17, 15) is 19.2 Å². The van der Waals surface area contributed by atoms with Gasteiger partial charge in [0, 0.05) is 34.9 Å². The minimum atomic E-state index is -0.756. The molecule has 2 heterocycles. The molecule has 0 atom stereocenters. The SMILES string of the molecule is Nc1ccc(Cc2ccc(N=C3NC(=O)C(=O)C=C3Nc3ccc(Cc4ccc(N=C5NC(=O)C(=O)C=C5Nc5ccc(Cc6ccc(N)cc6)cc5)cc4)cc3)cc2)cc1. The molecule has 0 unspecified atom stereocenters. The highest BCUT2D eigenvalue weighted by atomic mass is 16.2. The second-order valence-electron chi connectivity index (χ2n) is 14.7. The molecule has 2 aliphatic heterocycles. The van der Waals surface area contributed by atoms with Crippen LogP contribution in [-0.4, -0.2) is 35.1 Å². The van der Waals surface area contributed by atoms with E-state index in [0.717, 1.165) is 57.6 Å². The van der Waals surface area contributed by atoms with Crippen LogP contribution in [-0.2, 0) is 38.4 Å². The van der Waals surface area contributed by atoms with Gasteiger partial charge in [-0.05, 0) is 125 Å². The molecule has 12 nitrogen and oxygen atoms in total. The Kier molecular flexibility index (Phi) is 11.4. The van der Waals surface area contributed by atoms with Gasteiger partial charge in [0.05, 0.1) is 22.8 Å². The summed E-state index contributed by atoms with van der Waals surface area (Å²) >= 11 is 0. The smallest absolute Gasteiger partial charge is 0.297 e. The van der Waals surface area contributed by atoms with Gasteiger partial charge >= 0.3 is 0 Å². The van der Waals surface area contributed by atoms with E-state index in [2.05, 4.69) is 31.3 Å². The van der Waals surface area contributed by atoms with Gasteiger partial charge in [0.1, 0.15) is 0 Å². The number of hydrogen-bond donors (Lipinski definition) is 6. The van der Waals surface area contributed by atoms with Crippen molar-refractivity contribution in [3.05, 3.63) is 203 Å². The average Bonchev–Trinajstić information content (AvgIpc) is 3.26. The van der Waals surface area contributed by atoms with E-state index in [0.29, 0.717) is 40.6 Å². The molecule has 0 spiro atoms.